The summed E-state index contributed by atoms with van der Waals surface area (Å²) in [5.74, 6) is -2.50. The maximum Gasteiger partial charge on any atom is 0.329 e. The molecule has 8 heteroatoms. The fraction of sp³-hybridized carbons (Fsp3) is 0.150. The maximum atomic E-state index is 13.5. The van der Waals surface area contributed by atoms with Crippen molar-refractivity contribution in [3.8, 4) is 11.5 Å². The van der Waals surface area contributed by atoms with Crippen LogP contribution in [0.5, 0.6) is 11.5 Å². The Labute approximate surface area is 161 Å². The van der Waals surface area contributed by atoms with Crippen molar-refractivity contribution in [2.24, 2.45) is 5.10 Å². The molecule has 0 unspecified atom stereocenters. The summed E-state index contributed by atoms with van der Waals surface area (Å²) in [6.45, 7) is 5.77. The summed E-state index contributed by atoms with van der Waals surface area (Å²) in [5.41, 5.74) is 3.06. The van der Waals surface area contributed by atoms with Crippen molar-refractivity contribution in [3.05, 3.63) is 66.0 Å². The number of phenols is 1. The van der Waals surface area contributed by atoms with Crippen LogP contribution in [0.15, 0.2) is 54.2 Å². The van der Waals surface area contributed by atoms with E-state index in [0.29, 0.717) is 24.2 Å². The molecule has 2 aromatic rings. The van der Waals surface area contributed by atoms with Crippen LogP contribution in [0.1, 0.15) is 18.1 Å². The van der Waals surface area contributed by atoms with Gasteiger partial charge in [0.2, 0.25) is 0 Å². The number of hydrazone groups is 1. The zero-order chi connectivity index (χ0) is 20.5. The number of amides is 2. The molecule has 0 aliphatic carbocycles. The standard InChI is InChI=1S/C20H20FN3O4/c1-3-7-14-10-13(11-17(18(14)25)28-4-2)12-22-24-20(27)19(26)23-16-9-6-5-8-15(16)21/h3,5-6,8-12,25H,1,4,7H2,2H3,(H,23,26)(H,24,27)/b22-12+. The average molecular weight is 385 g/mol. The van der Waals surface area contributed by atoms with E-state index >= 15 is 0 Å². The predicted octanol–water partition coefficient (Wildman–Crippen LogP) is 2.75. The minimum Gasteiger partial charge on any atom is -0.504 e. The van der Waals surface area contributed by atoms with Gasteiger partial charge in [-0.25, -0.2) is 9.82 Å². The molecule has 0 saturated heterocycles. The van der Waals surface area contributed by atoms with Crippen molar-refractivity contribution in [2.75, 3.05) is 11.9 Å². The Morgan fingerprint density at radius 1 is 1.29 bits per heavy atom. The van der Waals surface area contributed by atoms with Crippen molar-refractivity contribution in [3.63, 3.8) is 0 Å². The Kier molecular flexibility index (Phi) is 7.27. The van der Waals surface area contributed by atoms with Gasteiger partial charge in [0.15, 0.2) is 11.5 Å². The summed E-state index contributed by atoms with van der Waals surface area (Å²) in [4.78, 5) is 23.6. The smallest absolute Gasteiger partial charge is 0.329 e. The zero-order valence-electron chi connectivity index (χ0n) is 15.2. The highest BCUT2D eigenvalue weighted by Gasteiger charge is 2.15. The lowest BCUT2D eigenvalue weighted by Gasteiger charge is -2.10. The molecule has 0 fully saturated rings. The molecule has 0 aromatic heterocycles. The van der Waals surface area contributed by atoms with Crippen molar-refractivity contribution >= 4 is 23.7 Å². The van der Waals surface area contributed by atoms with Gasteiger partial charge in [-0.3, -0.25) is 9.59 Å². The van der Waals surface area contributed by atoms with Crippen LogP contribution < -0.4 is 15.5 Å². The number of carbonyl (C=O) groups excluding carboxylic acids is 2. The number of nitrogens with one attached hydrogen (secondary N) is 2. The Bertz CT molecular complexity index is 912. The lowest BCUT2D eigenvalue weighted by atomic mass is 10.1. The van der Waals surface area contributed by atoms with Crippen molar-refractivity contribution in [1.29, 1.82) is 0 Å². The van der Waals surface area contributed by atoms with Gasteiger partial charge in [-0.1, -0.05) is 18.2 Å². The number of carbonyl (C=O) groups is 2. The van der Waals surface area contributed by atoms with Gasteiger partial charge in [0.25, 0.3) is 0 Å². The van der Waals surface area contributed by atoms with Crippen LogP contribution in [-0.4, -0.2) is 29.7 Å². The lowest BCUT2D eigenvalue weighted by Crippen LogP contribution is -2.32. The van der Waals surface area contributed by atoms with E-state index in [-0.39, 0.29) is 17.2 Å². The van der Waals surface area contributed by atoms with Crippen LogP contribution in [0, 0.1) is 5.82 Å². The highest BCUT2D eigenvalue weighted by molar-refractivity contribution is 6.39. The van der Waals surface area contributed by atoms with Gasteiger partial charge >= 0.3 is 11.8 Å². The third kappa shape index (κ3) is 5.41. The second-order valence-electron chi connectivity index (χ2n) is 5.59. The molecule has 2 rings (SSSR count). The number of aromatic hydroxyl groups is 1. The topological polar surface area (TPSA) is 100 Å². The van der Waals surface area contributed by atoms with Gasteiger partial charge in [-0.2, -0.15) is 5.10 Å². The molecule has 0 radical (unpaired) electrons. The molecule has 0 aliphatic rings. The monoisotopic (exact) mass is 385 g/mol. The van der Waals surface area contributed by atoms with Gasteiger partial charge < -0.3 is 15.2 Å². The number of halogens is 1. The van der Waals surface area contributed by atoms with E-state index in [4.69, 9.17) is 4.74 Å². The second-order valence-corrected chi connectivity index (χ2v) is 5.59. The first-order valence-corrected chi connectivity index (χ1v) is 8.44. The highest BCUT2D eigenvalue weighted by atomic mass is 19.1. The molecular weight excluding hydrogens is 365 g/mol. The number of nitrogens with zero attached hydrogens (tertiary/aromatic N) is 1. The van der Waals surface area contributed by atoms with E-state index in [9.17, 15) is 19.1 Å². The van der Waals surface area contributed by atoms with Crippen LogP contribution in [0.25, 0.3) is 0 Å². The minimum absolute atomic E-state index is 0.00667. The summed E-state index contributed by atoms with van der Waals surface area (Å²) in [6, 6.07) is 8.67. The summed E-state index contributed by atoms with van der Waals surface area (Å²) >= 11 is 0. The van der Waals surface area contributed by atoms with Crippen LogP contribution in [0.2, 0.25) is 0 Å². The highest BCUT2D eigenvalue weighted by Crippen LogP contribution is 2.31. The van der Waals surface area contributed by atoms with Crippen LogP contribution in [0.4, 0.5) is 10.1 Å². The van der Waals surface area contributed by atoms with Gasteiger partial charge in [-0.05, 0) is 43.2 Å². The molecule has 0 spiro atoms. The molecule has 2 amide bonds. The van der Waals surface area contributed by atoms with E-state index in [1.165, 1.54) is 24.4 Å². The average Bonchev–Trinajstić information content (AvgIpc) is 2.67. The molecule has 28 heavy (non-hydrogen) atoms. The van der Waals surface area contributed by atoms with Crippen LogP contribution in [-0.2, 0) is 16.0 Å². The fourth-order valence-corrected chi connectivity index (χ4v) is 2.30. The SMILES string of the molecule is C=CCc1cc(/C=N/NC(=O)C(=O)Nc2ccccc2F)cc(OCC)c1O. The number of ether oxygens (including phenoxy) is 1. The zero-order valence-corrected chi connectivity index (χ0v) is 15.2. The third-order valence-corrected chi connectivity index (χ3v) is 3.55. The molecule has 0 bridgehead atoms. The summed E-state index contributed by atoms with van der Waals surface area (Å²) in [6.07, 6.45) is 3.33. The summed E-state index contributed by atoms with van der Waals surface area (Å²) in [7, 11) is 0. The quantitative estimate of drug-likeness (QED) is 0.295. The first-order valence-electron chi connectivity index (χ1n) is 8.44. The van der Waals surface area contributed by atoms with E-state index < -0.39 is 17.6 Å². The second kappa shape index (κ2) is 9.86. The van der Waals surface area contributed by atoms with Gasteiger partial charge in [0.05, 0.1) is 18.5 Å². The maximum absolute atomic E-state index is 13.5. The number of phenolic OH excluding ortho intramolecular Hbond substituents is 1. The van der Waals surface area contributed by atoms with Gasteiger partial charge in [-0.15, -0.1) is 6.58 Å². The lowest BCUT2D eigenvalue weighted by molar-refractivity contribution is -0.136. The molecule has 7 nitrogen and oxygen atoms in total. The molecule has 146 valence electrons. The molecule has 0 aliphatic heterocycles. The van der Waals surface area contributed by atoms with Crippen molar-refractivity contribution in [2.45, 2.75) is 13.3 Å². The Balaban J connectivity index is 2.06. The van der Waals surface area contributed by atoms with E-state index in [1.54, 1.807) is 25.1 Å². The van der Waals surface area contributed by atoms with E-state index in [0.717, 1.165) is 6.07 Å². The first kappa shape index (κ1) is 20.6. The Morgan fingerprint density at radius 3 is 2.71 bits per heavy atom. The summed E-state index contributed by atoms with van der Waals surface area (Å²) in [5, 5.41) is 16.0. The molecule has 0 atom stereocenters. The number of hydrogen-bond donors (Lipinski definition) is 3. The number of benzene rings is 2. The Morgan fingerprint density at radius 2 is 2.04 bits per heavy atom. The fourth-order valence-electron chi connectivity index (χ4n) is 2.30. The van der Waals surface area contributed by atoms with Crippen molar-refractivity contribution in [1.82, 2.24) is 5.43 Å². The van der Waals surface area contributed by atoms with Crippen LogP contribution in [0.3, 0.4) is 0 Å². The normalized spacial score (nSPS) is 10.5. The molecule has 2 aromatic carbocycles. The van der Waals surface area contributed by atoms with Gasteiger partial charge in [0.1, 0.15) is 5.82 Å². The van der Waals surface area contributed by atoms with Crippen molar-refractivity contribution < 1.29 is 23.8 Å². The number of allylic oxidation sites excluding steroid dienone is 1. The van der Waals surface area contributed by atoms with E-state index in [2.05, 4.69) is 22.4 Å². The molecule has 0 saturated carbocycles. The largest absolute Gasteiger partial charge is 0.504 e. The molecular formula is C20H20FN3O4. The van der Waals surface area contributed by atoms with Gasteiger partial charge in [0, 0.05) is 5.56 Å². The molecule has 3 N–H and O–H groups in total. The Hall–Kier alpha value is -3.68. The number of anilines is 1. The molecule has 0 heterocycles. The minimum atomic E-state index is -1.06. The summed E-state index contributed by atoms with van der Waals surface area (Å²) < 4.78 is 18.9. The van der Waals surface area contributed by atoms with E-state index in [1.807, 2.05) is 0 Å². The number of hydrogen-bond acceptors (Lipinski definition) is 5. The van der Waals surface area contributed by atoms with Crippen LogP contribution >= 0.6 is 0 Å². The number of para-hydroxylation sites is 1. The predicted molar refractivity (Wildman–Crippen MR) is 104 cm³/mol. The first-order chi connectivity index (χ1) is 13.5. The third-order valence-electron chi connectivity index (χ3n) is 3.55. The number of rotatable bonds is 7.